The van der Waals surface area contributed by atoms with Crippen LogP contribution in [0.4, 0.5) is 0 Å². The number of hydrogen-bond donors (Lipinski definition) is 2. The van der Waals surface area contributed by atoms with E-state index in [-0.39, 0.29) is 11.1 Å². The first-order valence-corrected chi connectivity index (χ1v) is 6.85. The number of carbonyl (C=O) groups excluding carboxylic acids is 1. The normalized spacial score (nSPS) is 11.0. The second-order valence-corrected chi connectivity index (χ2v) is 4.95. The summed E-state index contributed by atoms with van der Waals surface area (Å²) in [6.45, 7) is 4.04. The van der Waals surface area contributed by atoms with Crippen LogP contribution < -0.4 is 16.5 Å². The van der Waals surface area contributed by atoms with Crippen LogP contribution in [0.3, 0.4) is 0 Å². The molecule has 0 fully saturated rings. The second kappa shape index (κ2) is 5.14. The molecule has 112 valence electrons. The Morgan fingerprint density at radius 2 is 2.00 bits per heavy atom. The summed E-state index contributed by atoms with van der Waals surface area (Å²) in [6.07, 6.45) is 0. The van der Waals surface area contributed by atoms with Crippen LogP contribution >= 0.6 is 0 Å². The van der Waals surface area contributed by atoms with Gasteiger partial charge in [0, 0.05) is 18.0 Å². The molecular formula is C16H14N2O4. The SMILES string of the molecule is CCNC(=O)c1cc2c(ccc3c(C)cc(=O)oc32)oc1=N. The number of nitrogens with one attached hydrogen (secondary N) is 2. The van der Waals surface area contributed by atoms with E-state index < -0.39 is 11.5 Å². The topological polar surface area (TPSA) is 96.3 Å². The van der Waals surface area contributed by atoms with Crippen LogP contribution in [-0.4, -0.2) is 12.5 Å². The maximum Gasteiger partial charge on any atom is 0.336 e. The van der Waals surface area contributed by atoms with Crippen LogP contribution in [0.15, 0.2) is 37.9 Å². The van der Waals surface area contributed by atoms with E-state index in [9.17, 15) is 9.59 Å². The second-order valence-electron chi connectivity index (χ2n) is 4.95. The fourth-order valence-electron chi connectivity index (χ4n) is 2.41. The average molecular weight is 298 g/mol. The minimum absolute atomic E-state index is 0.103. The van der Waals surface area contributed by atoms with E-state index in [0.717, 1.165) is 10.9 Å². The van der Waals surface area contributed by atoms with Crippen molar-refractivity contribution in [1.29, 1.82) is 5.41 Å². The van der Waals surface area contributed by atoms with Gasteiger partial charge in [-0.25, -0.2) is 4.79 Å². The molecule has 3 rings (SSSR count). The van der Waals surface area contributed by atoms with E-state index in [1.165, 1.54) is 12.1 Å². The van der Waals surface area contributed by atoms with Crippen LogP contribution in [0.5, 0.6) is 0 Å². The molecule has 2 aromatic heterocycles. The van der Waals surface area contributed by atoms with Gasteiger partial charge >= 0.3 is 5.63 Å². The first kappa shape index (κ1) is 14.1. The lowest BCUT2D eigenvalue weighted by molar-refractivity contribution is 0.0951. The maximum absolute atomic E-state index is 12.0. The Morgan fingerprint density at radius 1 is 1.23 bits per heavy atom. The highest BCUT2D eigenvalue weighted by Gasteiger charge is 2.14. The summed E-state index contributed by atoms with van der Waals surface area (Å²) in [5, 5.41) is 11.7. The standard InChI is InChI=1S/C16H14N2O4/c1-3-18-16(20)11-7-10-12(21-15(11)17)5-4-9-8(2)6-13(19)22-14(9)10/h4-7,17H,3H2,1-2H3,(H,18,20). The van der Waals surface area contributed by atoms with Crippen molar-refractivity contribution >= 4 is 27.8 Å². The predicted molar refractivity (Wildman–Crippen MR) is 80.9 cm³/mol. The minimum Gasteiger partial charge on any atom is -0.438 e. The first-order valence-electron chi connectivity index (χ1n) is 6.85. The van der Waals surface area contributed by atoms with Crippen LogP contribution in [0.25, 0.3) is 21.9 Å². The number of benzene rings is 1. The van der Waals surface area contributed by atoms with Crippen molar-refractivity contribution in [2.45, 2.75) is 13.8 Å². The molecule has 3 aromatic rings. The molecule has 0 saturated heterocycles. The van der Waals surface area contributed by atoms with Crippen LogP contribution in [0, 0.1) is 12.3 Å². The largest absolute Gasteiger partial charge is 0.438 e. The van der Waals surface area contributed by atoms with Gasteiger partial charge in [-0.1, -0.05) is 0 Å². The number of aryl methyl sites for hydroxylation is 1. The Hall–Kier alpha value is -2.89. The molecule has 0 radical (unpaired) electrons. The Labute approximate surface area is 124 Å². The van der Waals surface area contributed by atoms with Crippen molar-refractivity contribution < 1.29 is 13.6 Å². The van der Waals surface area contributed by atoms with Gasteiger partial charge in [-0.15, -0.1) is 0 Å². The Kier molecular flexibility index (Phi) is 3.29. The summed E-state index contributed by atoms with van der Waals surface area (Å²) in [5.74, 6) is -0.398. The van der Waals surface area contributed by atoms with Gasteiger partial charge in [0.25, 0.3) is 5.91 Å². The molecule has 0 spiro atoms. The molecule has 0 aliphatic rings. The molecule has 1 aromatic carbocycles. The number of rotatable bonds is 2. The molecule has 22 heavy (non-hydrogen) atoms. The first-order chi connectivity index (χ1) is 10.5. The minimum atomic E-state index is -0.466. The summed E-state index contributed by atoms with van der Waals surface area (Å²) in [7, 11) is 0. The summed E-state index contributed by atoms with van der Waals surface area (Å²) < 4.78 is 10.7. The van der Waals surface area contributed by atoms with Crippen LogP contribution in [0.2, 0.25) is 0 Å². The van der Waals surface area contributed by atoms with Crippen molar-refractivity contribution in [3.8, 4) is 0 Å². The smallest absolute Gasteiger partial charge is 0.336 e. The quantitative estimate of drug-likeness (QED) is 0.559. The third-order valence-corrected chi connectivity index (χ3v) is 3.45. The Balaban J connectivity index is 2.42. The molecule has 0 bridgehead atoms. The fourth-order valence-corrected chi connectivity index (χ4v) is 2.41. The van der Waals surface area contributed by atoms with Gasteiger partial charge in [0.2, 0.25) is 5.55 Å². The maximum atomic E-state index is 12.0. The molecule has 0 aliphatic carbocycles. The Bertz CT molecular complexity index is 1010. The zero-order valence-corrected chi connectivity index (χ0v) is 12.1. The summed E-state index contributed by atoms with van der Waals surface area (Å²) in [6, 6.07) is 6.40. The Morgan fingerprint density at radius 3 is 2.73 bits per heavy atom. The van der Waals surface area contributed by atoms with E-state index in [0.29, 0.717) is 23.1 Å². The van der Waals surface area contributed by atoms with E-state index >= 15 is 0 Å². The van der Waals surface area contributed by atoms with E-state index in [1.807, 2.05) is 6.92 Å². The van der Waals surface area contributed by atoms with Crippen molar-refractivity contribution in [2.75, 3.05) is 6.54 Å². The molecule has 6 nitrogen and oxygen atoms in total. The van der Waals surface area contributed by atoms with Crippen LogP contribution in [0.1, 0.15) is 22.8 Å². The van der Waals surface area contributed by atoms with Crippen molar-refractivity contribution in [2.24, 2.45) is 0 Å². The molecular weight excluding hydrogens is 284 g/mol. The van der Waals surface area contributed by atoms with Gasteiger partial charge < -0.3 is 14.2 Å². The third kappa shape index (κ3) is 2.18. The molecule has 0 aliphatic heterocycles. The highest BCUT2D eigenvalue weighted by molar-refractivity contribution is 6.05. The van der Waals surface area contributed by atoms with Crippen molar-refractivity contribution in [3.63, 3.8) is 0 Å². The molecule has 0 atom stereocenters. The fraction of sp³-hybridized carbons (Fsp3) is 0.188. The highest BCUT2D eigenvalue weighted by atomic mass is 16.4. The zero-order chi connectivity index (χ0) is 15.9. The number of carbonyl (C=O) groups is 1. The molecule has 0 saturated carbocycles. The van der Waals surface area contributed by atoms with Gasteiger partial charge in [0.1, 0.15) is 16.7 Å². The van der Waals surface area contributed by atoms with Gasteiger partial charge in [-0.2, -0.15) is 0 Å². The van der Waals surface area contributed by atoms with Gasteiger partial charge in [-0.05, 0) is 37.6 Å². The molecule has 2 heterocycles. The summed E-state index contributed by atoms with van der Waals surface area (Å²) in [5.41, 5.74) is 0.935. The number of fused-ring (bicyclic) bond motifs is 3. The lowest BCUT2D eigenvalue weighted by atomic mass is 10.1. The molecule has 2 N–H and O–H groups in total. The monoisotopic (exact) mass is 298 g/mol. The van der Waals surface area contributed by atoms with Crippen LogP contribution in [-0.2, 0) is 0 Å². The summed E-state index contributed by atoms with van der Waals surface area (Å²) >= 11 is 0. The van der Waals surface area contributed by atoms with Crippen molar-refractivity contribution in [1.82, 2.24) is 5.32 Å². The van der Waals surface area contributed by atoms with E-state index in [4.69, 9.17) is 14.2 Å². The average Bonchev–Trinajstić information content (AvgIpc) is 2.46. The van der Waals surface area contributed by atoms with E-state index in [1.54, 1.807) is 19.1 Å². The third-order valence-electron chi connectivity index (χ3n) is 3.45. The number of amides is 1. The van der Waals surface area contributed by atoms with Gasteiger partial charge in [0.05, 0.1) is 5.39 Å². The lowest BCUT2D eigenvalue weighted by Crippen LogP contribution is -2.27. The van der Waals surface area contributed by atoms with Gasteiger partial charge in [-0.3, -0.25) is 10.2 Å². The lowest BCUT2D eigenvalue weighted by Gasteiger charge is -2.06. The predicted octanol–water partition coefficient (Wildman–Crippen LogP) is 2.08. The zero-order valence-electron chi connectivity index (χ0n) is 12.1. The molecule has 1 amide bonds. The molecule has 0 unspecified atom stereocenters. The van der Waals surface area contributed by atoms with Crippen molar-refractivity contribution in [3.05, 3.63) is 51.4 Å². The number of hydrogen-bond acceptors (Lipinski definition) is 5. The highest BCUT2D eigenvalue weighted by Crippen LogP contribution is 2.26. The van der Waals surface area contributed by atoms with E-state index in [2.05, 4.69) is 5.32 Å². The summed E-state index contributed by atoms with van der Waals surface area (Å²) in [4.78, 5) is 23.6. The van der Waals surface area contributed by atoms with Gasteiger partial charge in [0.15, 0.2) is 0 Å². The molecule has 6 heteroatoms.